The molecular weight excluding hydrogens is 416 g/mol. The van der Waals surface area contributed by atoms with Crippen LogP contribution in [0.1, 0.15) is 29.9 Å². The van der Waals surface area contributed by atoms with E-state index >= 15 is 0 Å². The highest BCUT2D eigenvalue weighted by molar-refractivity contribution is 7.98. The summed E-state index contributed by atoms with van der Waals surface area (Å²) in [5.74, 6) is 3.09. The Balaban J connectivity index is 1.23. The highest BCUT2D eigenvalue weighted by Gasteiger charge is 2.20. The fourth-order valence-corrected chi connectivity index (χ4v) is 5.55. The van der Waals surface area contributed by atoms with E-state index in [-0.39, 0.29) is 0 Å². The minimum Gasteiger partial charge on any atom is -0.383 e. The molecule has 1 aliphatic rings. The lowest BCUT2D eigenvalue weighted by atomic mass is 9.89. The Kier molecular flexibility index (Phi) is 6.71. The first-order chi connectivity index (χ1) is 14.5. The van der Waals surface area contributed by atoms with E-state index in [2.05, 4.69) is 40.2 Å². The molecule has 1 fully saturated rings. The molecule has 0 unspecified atom stereocenters. The molecule has 7 heteroatoms. The molecule has 4 rings (SSSR count). The molecule has 0 bridgehead atoms. The Hall–Kier alpha value is -1.96. The van der Waals surface area contributed by atoms with E-state index in [1.807, 2.05) is 24.0 Å². The predicted octanol–water partition coefficient (Wildman–Crippen LogP) is 4.62. The highest BCUT2D eigenvalue weighted by Crippen LogP contribution is 2.29. The van der Waals surface area contributed by atoms with Gasteiger partial charge in [0, 0.05) is 41.2 Å². The summed E-state index contributed by atoms with van der Waals surface area (Å²) in [5, 5.41) is 1.12. The zero-order valence-electron chi connectivity index (χ0n) is 17.2. The molecule has 5 nitrogen and oxygen atoms in total. The van der Waals surface area contributed by atoms with Gasteiger partial charge >= 0.3 is 10.1 Å². The first kappa shape index (κ1) is 21.3. The van der Waals surface area contributed by atoms with Gasteiger partial charge in [0.25, 0.3) is 0 Å². The largest absolute Gasteiger partial charge is 0.383 e. The molecular formula is C23H28N2O3S2. The van der Waals surface area contributed by atoms with Gasteiger partial charge in [0.05, 0.1) is 6.26 Å². The SMILES string of the molecule is CS(=O)(=O)Oc1ccc2c(CSCCN3CCC(c4ccccc4)CC3)c[nH]c2c1. The standard InChI is InChI=1S/C23H28N2O3S2/c1-30(26,27)28-21-7-8-22-20(16-24-23(22)15-21)17-29-14-13-25-11-9-19(10-12-25)18-5-3-2-4-6-18/h2-8,15-16,19,24H,9-14,17H2,1H3. The smallest absolute Gasteiger partial charge is 0.306 e. The van der Waals surface area contributed by atoms with Gasteiger partial charge in [-0.25, -0.2) is 0 Å². The Morgan fingerprint density at radius 1 is 1.13 bits per heavy atom. The second-order valence-corrected chi connectivity index (χ2v) is 10.6. The second-order valence-electron chi connectivity index (χ2n) is 7.89. The molecule has 0 atom stereocenters. The van der Waals surface area contributed by atoms with Crippen LogP contribution in [0, 0.1) is 0 Å². The van der Waals surface area contributed by atoms with Crippen molar-refractivity contribution in [1.29, 1.82) is 0 Å². The van der Waals surface area contributed by atoms with Crippen LogP contribution in [0.25, 0.3) is 10.9 Å². The summed E-state index contributed by atoms with van der Waals surface area (Å²) in [6.07, 6.45) is 5.55. The number of aromatic nitrogens is 1. The van der Waals surface area contributed by atoms with Crippen molar-refractivity contribution < 1.29 is 12.6 Å². The van der Waals surface area contributed by atoms with Gasteiger partial charge in [-0.05, 0) is 55.1 Å². The number of hydrogen-bond donors (Lipinski definition) is 1. The minimum atomic E-state index is -3.51. The van der Waals surface area contributed by atoms with E-state index < -0.39 is 10.1 Å². The number of thioether (sulfide) groups is 1. The van der Waals surface area contributed by atoms with E-state index in [0.29, 0.717) is 11.7 Å². The van der Waals surface area contributed by atoms with Gasteiger partial charge in [-0.1, -0.05) is 30.3 Å². The van der Waals surface area contributed by atoms with Crippen molar-refractivity contribution in [2.45, 2.75) is 24.5 Å². The maximum Gasteiger partial charge on any atom is 0.306 e. The first-order valence-corrected chi connectivity index (χ1v) is 13.3. The van der Waals surface area contributed by atoms with Crippen LogP contribution in [-0.2, 0) is 15.9 Å². The van der Waals surface area contributed by atoms with Crippen LogP contribution in [0.5, 0.6) is 5.75 Å². The number of H-pyrrole nitrogens is 1. The van der Waals surface area contributed by atoms with Crippen LogP contribution < -0.4 is 4.18 Å². The zero-order chi connectivity index (χ0) is 21.0. The zero-order valence-corrected chi connectivity index (χ0v) is 18.8. The van der Waals surface area contributed by atoms with E-state index in [1.54, 1.807) is 12.1 Å². The number of fused-ring (bicyclic) bond motifs is 1. The van der Waals surface area contributed by atoms with Crippen LogP contribution in [0.3, 0.4) is 0 Å². The predicted molar refractivity (Wildman–Crippen MR) is 125 cm³/mol. The minimum absolute atomic E-state index is 0.338. The quantitative estimate of drug-likeness (QED) is 0.406. The lowest BCUT2D eigenvalue weighted by Crippen LogP contribution is -2.34. The lowest BCUT2D eigenvalue weighted by Gasteiger charge is -2.32. The summed E-state index contributed by atoms with van der Waals surface area (Å²) in [4.78, 5) is 5.81. The van der Waals surface area contributed by atoms with Gasteiger partial charge < -0.3 is 14.1 Å². The molecule has 3 aromatic rings. The summed E-state index contributed by atoms with van der Waals surface area (Å²) in [7, 11) is -3.51. The van der Waals surface area contributed by atoms with E-state index in [0.717, 1.165) is 35.2 Å². The number of hydrogen-bond acceptors (Lipinski definition) is 5. The van der Waals surface area contributed by atoms with Gasteiger partial charge in [-0.2, -0.15) is 20.2 Å². The van der Waals surface area contributed by atoms with Gasteiger partial charge in [0.15, 0.2) is 0 Å². The Morgan fingerprint density at radius 3 is 2.63 bits per heavy atom. The second kappa shape index (κ2) is 9.45. The molecule has 1 aliphatic heterocycles. The molecule has 2 heterocycles. The molecule has 0 saturated carbocycles. The average Bonchev–Trinajstić information content (AvgIpc) is 3.13. The van der Waals surface area contributed by atoms with Crippen molar-refractivity contribution in [1.82, 2.24) is 9.88 Å². The normalized spacial score (nSPS) is 16.2. The number of piperidine rings is 1. The van der Waals surface area contributed by atoms with Crippen molar-refractivity contribution in [2.24, 2.45) is 0 Å². The molecule has 160 valence electrons. The third kappa shape index (κ3) is 5.59. The topological polar surface area (TPSA) is 62.4 Å². The fraction of sp³-hybridized carbons (Fsp3) is 0.391. The summed E-state index contributed by atoms with van der Waals surface area (Å²) in [5.41, 5.74) is 3.62. The van der Waals surface area contributed by atoms with E-state index in [9.17, 15) is 8.42 Å². The lowest BCUT2D eigenvalue weighted by molar-refractivity contribution is 0.224. The molecule has 1 saturated heterocycles. The van der Waals surface area contributed by atoms with E-state index in [1.165, 1.54) is 37.1 Å². The molecule has 0 amide bonds. The average molecular weight is 445 g/mol. The van der Waals surface area contributed by atoms with Crippen LogP contribution in [0.4, 0.5) is 0 Å². The monoisotopic (exact) mass is 444 g/mol. The van der Waals surface area contributed by atoms with E-state index in [4.69, 9.17) is 4.18 Å². The summed E-state index contributed by atoms with van der Waals surface area (Å²) >= 11 is 1.94. The number of rotatable bonds is 8. The third-order valence-corrected chi connectivity index (χ3v) is 7.14. The van der Waals surface area contributed by atoms with Crippen LogP contribution >= 0.6 is 11.8 Å². The third-order valence-electron chi connectivity index (χ3n) is 5.65. The molecule has 2 aromatic carbocycles. The van der Waals surface area contributed by atoms with Crippen molar-refractivity contribution >= 4 is 32.8 Å². The number of benzene rings is 2. The van der Waals surface area contributed by atoms with Gasteiger partial charge in [0.1, 0.15) is 5.75 Å². The Morgan fingerprint density at radius 2 is 1.90 bits per heavy atom. The van der Waals surface area contributed by atoms with Crippen molar-refractivity contribution in [3.05, 3.63) is 65.9 Å². The molecule has 1 aromatic heterocycles. The maximum atomic E-state index is 11.3. The summed E-state index contributed by atoms with van der Waals surface area (Å²) in [6, 6.07) is 16.3. The van der Waals surface area contributed by atoms with Crippen molar-refractivity contribution in [3.8, 4) is 5.75 Å². The number of nitrogens with one attached hydrogen (secondary N) is 1. The molecule has 30 heavy (non-hydrogen) atoms. The number of aromatic amines is 1. The first-order valence-electron chi connectivity index (χ1n) is 10.3. The van der Waals surface area contributed by atoms with Gasteiger partial charge in [-0.3, -0.25) is 0 Å². The summed E-state index contributed by atoms with van der Waals surface area (Å²) in [6.45, 7) is 3.48. The van der Waals surface area contributed by atoms with Crippen LogP contribution in [0.2, 0.25) is 0 Å². The van der Waals surface area contributed by atoms with Crippen LogP contribution in [0.15, 0.2) is 54.7 Å². The maximum absolute atomic E-state index is 11.3. The van der Waals surface area contributed by atoms with Crippen molar-refractivity contribution in [3.63, 3.8) is 0 Å². The molecule has 0 aliphatic carbocycles. The summed E-state index contributed by atoms with van der Waals surface area (Å²) < 4.78 is 27.6. The van der Waals surface area contributed by atoms with Crippen molar-refractivity contribution in [2.75, 3.05) is 31.6 Å². The van der Waals surface area contributed by atoms with Gasteiger partial charge in [-0.15, -0.1) is 0 Å². The highest BCUT2D eigenvalue weighted by atomic mass is 32.2. The Labute approximate surface area is 182 Å². The molecule has 1 N–H and O–H groups in total. The fourth-order valence-electron chi connectivity index (χ4n) is 4.10. The number of likely N-dealkylation sites (tertiary alicyclic amines) is 1. The number of nitrogens with zero attached hydrogens (tertiary/aromatic N) is 1. The van der Waals surface area contributed by atoms with Gasteiger partial charge in [0.2, 0.25) is 0 Å². The Bertz CT molecular complexity index is 1070. The van der Waals surface area contributed by atoms with Crippen LogP contribution in [-0.4, -0.2) is 49.9 Å². The molecule has 0 radical (unpaired) electrons. The molecule has 0 spiro atoms.